The van der Waals surface area contributed by atoms with Crippen molar-refractivity contribution < 1.29 is 27.9 Å². The smallest absolute Gasteiger partial charge is 0.337 e. The summed E-state index contributed by atoms with van der Waals surface area (Å²) < 4.78 is 31.9. The molecule has 0 saturated carbocycles. The van der Waals surface area contributed by atoms with E-state index in [1.165, 1.54) is 48.4 Å². The SMILES string of the molecule is COC(=O)c1ccc(N2C(=O)C[C@H](N3CCN(C(c4ccc(F)cc4)c4ccc(F)cc4)CC3)C2=O)cc1. The Bertz CT molecular complexity index is 1280. The standard InChI is InChI=1S/C29H27F2N3O4/c1-38-29(37)21-6-12-24(13-7-21)34-26(35)18-25(28(34)36)32-14-16-33(17-15-32)27(19-2-8-22(30)9-3-19)20-4-10-23(31)11-5-20/h2-13,25,27H,14-18H2,1H3/t25-/m0/s1. The lowest BCUT2D eigenvalue weighted by atomic mass is 9.96. The molecule has 7 nitrogen and oxygen atoms in total. The zero-order valence-electron chi connectivity index (χ0n) is 20.8. The Labute approximate surface area is 219 Å². The molecule has 0 spiro atoms. The van der Waals surface area contributed by atoms with E-state index in [9.17, 15) is 23.2 Å². The number of imide groups is 1. The molecular formula is C29H27F2N3O4. The third-order valence-corrected chi connectivity index (χ3v) is 7.20. The van der Waals surface area contributed by atoms with Crippen LogP contribution in [-0.2, 0) is 14.3 Å². The van der Waals surface area contributed by atoms with E-state index < -0.39 is 12.0 Å². The molecule has 2 saturated heterocycles. The first-order valence-electron chi connectivity index (χ1n) is 12.4. The van der Waals surface area contributed by atoms with Crippen LogP contribution in [0.2, 0.25) is 0 Å². The Morgan fingerprint density at radius 2 is 1.34 bits per heavy atom. The first kappa shape index (κ1) is 25.7. The van der Waals surface area contributed by atoms with Gasteiger partial charge in [-0.3, -0.25) is 19.4 Å². The molecule has 0 unspecified atom stereocenters. The Morgan fingerprint density at radius 1 is 0.816 bits per heavy atom. The van der Waals surface area contributed by atoms with Gasteiger partial charge in [0.05, 0.1) is 36.9 Å². The van der Waals surface area contributed by atoms with Crippen molar-refractivity contribution in [3.8, 4) is 0 Å². The van der Waals surface area contributed by atoms with Crippen molar-refractivity contribution in [3.63, 3.8) is 0 Å². The van der Waals surface area contributed by atoms with E-state index in [1.54, 1.807) is 36.4 Å². The van der Waals surface area contributed by atoms with Crippen LogP contribution in [0.3, 0.4) is 0 Å². The molecule has 0 aromatic heterocycles. The molecule has 3 aromatic rings. The van der Waals surface area contributed by atoms with Gasteiger partial charge in [0.25, 0.3) is 5.91 Å². The lowest BCUT2D eigenvalue weighted by molar-refractivity contribution is -0.123. The van der Waals surface area contributed by atoms with Gasteiger partial charge in [0, 0.05) is 26.2 Å². The van der Waals surface area contributed by atoms with Crippen LogP contribution in [0, 0.1) is 11.6 Å². The lowest BCUT2D eigenvalue weighted by Gasteiger charge is -2.41. The number of benzene rings is 3. The van der Waals surface area contributed by atoms with Crippen LogP contribution in [0.5, 0.6) is 0 Å². The van der Waals surface area contributed by atoms with Crippen molar-refractivity contribution in [1.82, 2.24) is 9.80 Å². The van der Waals surface area contributed by atoms with E-state index in [0.717, 1.165) is 11.1 Å². The maximum Gasteiger partial charge on any atom is 0.337 e. The number of piperazine rings is 1. The van der Waals surface area contributed by atoms with Gasteiger partial charge in [0.2, 0.25) is 5.91 Å². The maximum absolute atomic E-state index is 13.6. The van der Waals surface area contributed by atoms with Crippen molar-refractivity contribution in [3.05, 3.63) is 101 Å². The van der Waals surface area contributed by atoms with Crippen LogP contribution >= 0.6 is 0 Å². The number of rotatable bonds is 6. The molecule has 0 radical (unpaired) electrons. The number of methoxy groups -OCH3 is 1. The minimum Gasteiger partial charge on any atom is -0.465 e. The van der Waals surface area contributed by atoms with Gasteiger partial charge >= 0.3 is 5.97 Å². The summed E-state index contributed by atoms with van der Waals surface area (Å²) in [5.74, 6) is -1.73. The lowest BCUT2D eigenvalue weighted by Crippen LogP contribution is -2.53. The molecular weight excluding hydrogens is 492 g/mol. The van der Waals surface area contributed by atoms with Gasteiger partial charge in [-0.05, 0) is 59.7 Å². The average molecular weight is 520 g/mol. The van der Waals surface area contributed by atoms with Crippen LogP contribution in [0.15, 0.2) is 72.8 Å². The van der Waals surface area contributed by atoms with E-state index in [1.807, 2.05) is 4.90 Å². The predicted octanol–water partition coefficient (Wildman–Crippen LogP) is 3.79. The molecule has 0 N–H and O–H groups in total. The summed E-state index contributed by atoms with van der Waals surface area (Å²) >= 11 is 0. The number of nitrogens with zero attached hydrogens (tertiary/aromatic N) is 3. The summed E-state index contributed by atoms with van der Waals surface area (Å²) in [4.78, 5) is 43.3. The van der Waals surface area contributed by atoms with Gasteiger partial charge in [-0.25, -0.2) is 18.5 Å². The largest absolute Gasteiger partial charge is 0.465 e. The number of halogens is 2. The summed E-state index contributed by atoms with van der Waals surface area (Å²) in [7, 11) is 1.29. The third kappa shape index (κ3) is 5.07. The molecule has 38 heavy (non-hydrogen) atoms. The topological polar surface area (TPSA) is 70.2 Å². The first-order chi connectivity index (χ1) is 18.4. The Hall–Kier alpha value is -3.95. The highest BCUT2D eigenvalue weighted by Crippen LogP contribution is 2.32. The summed E-state index contributed by atoms with van der Waals surface area (Å²) in [6.45, 7) is 2.31. The van der Waals surface area contributed by atoms with Crippen LogP contribution in [0.25, 0.3) is 0 Å². The van der Waals surface area contributed by atoms with Crippen molar-refractivity contribution >= 4 is 23.5 Å². The van der Waals surface area contributed by atoms with E-state index >= 15 is 0 Å². The molecule has 2 fully saturated rings. The minimum atomic E-state index is -0.569. The van der Waals surface area contributed by atoms with Gasteiger partial charge in [-0.1, -0.05) is 24.3 Å². The quantitative estimate of drug-likeness (QED) is 0.365. The number of carbonyl (C=O) groups is 3. The molecule has 2 heterocycles. The average Bonchev–Trinajstić information content (AvgIpc) is 3.24. The fourth-order valence-electron chi connectivity index (χ4n) is 5.25. The number of esters is 1. The van der Waals surface area contributed by atoms with Crippen LogP contribution in [0.4, 0.5) is 14.5 Å². The number of amides is 2. The Balaban J connectivity index is 1.30. The molecule has 1 atom stereocenters. The molecule has 2 aliphatic heterocycles. The van der Waals surface area contributed by atoms with E-state index in [0.29, 0.717) is 37.4 Å². The Morgan fingerprint density at radius 3 is 1.84 bits per heavy atom. The molecule has 196 valence electrons. The van der Waals surface area contributed by atoms with Crippen molar-refractivity contribution in [2.24, 2.45) is 0 Å². The van der Waals surface area contributed by atoms with Crippen molar-refractivity contribution in [2.75, 3.05) is 38.2 Å². The molecule has 0 bridgehead atoms. The molecule has 2 amide bonds. The molecule has 5 rings (SSSR count). The summed E-state index contributed by atoms with van der Waals surface area (Å²) in [6.07, 6.45) is 0.0803. The first-order valence-corrected chi connectivity index (χ1v) is 12.4. The zero-order valence-corrected chi connectivity index (χ0v) is 20.8. The van der Waals surface area contributed by atoms with Gasteiger partial charge in [0.15, 0.2) is 0 Å². The van der Waals surface area contributed by atoms with Gasteiger partial charge in [0.1, 0.15) is 11.6 Å². The molecule has 9 heteroatoms. The number of ether oxygens (including phenoxy) is 1. The fraction of sp³-hybridized carbons (Fsp3) is 0.276. The van der Waals surface area contributed by atoms with Crippen molar-refractivity contribution in [2.45, 2.75) is 18.5 Å². The maximum atomic E-state index is 13.6. The molecule has 0 aliphatic carbocycles. The zero-order chi connectivity index (χ0) is 26.8. The minimum absolute atomic E-state index is 0.0803. The summed E-state index contributed by atoms with van der Waals surface area (Å²) in [6, 6.07) is 18.0. The monoisotopic (exact) mass is 519 g/mol. The number of carbonyl (C=O) groups excluding carboxylic acids is 3. The second-order valence-corrected chi connectivity index (χ2v) is 9.40. The highest BCUT2D eigenvalue weighted by Gasteiger charge is 2.43. The normalized spacial score (nSPS) is 18.8. The van der Waals surface area contributed by atoms with Gasteiger partial charge < -0.3 is 4.74 Å². The third-order valence-electron chi connectivity index (χ3n) is 7.20. The predicted molar refractivity (Wildman–Crippen MR) is 136 cm³/mol. The van der Waals surface area contributed by atoms with Crippen LogP contribution in [-0.4, -0.2) is 66.9 Å². The van der Waals surface area contributed by atoms with Crippen LogP contribution < -0.4 is 4.90 Å². The number of hydrogen-bond acceptors (Lipinski definition) is 6. The second kappa shape index (κ2) is 10.8. The highest BCUT2D eigenvalue weighted by atomic mass is 19.1. The number of anilines is 1. The molecule has 2 aliphatic rings. The van der Waals surface area contributed by atoms with Gasteiger partial charge in [-0.2, -0.15) is 0 Å². The fourth-order valence-corrected chi connectivity index (χ4v) is 5.25. The second-order valence-electron chi connectivity index (χ2n) is 9.40. The van der Waals surface area contributed by atoms with Crippen molar-refractivity contribution in [1.29, 1.82) is 0 Å². The van der Waals surface area contributed by atoms with E-state index in [4.69, 9.17) is 4.74 Å². The number of hydrogen-bond donors (Lipinski definition) is 0. The van der Waals surface area contributed by atoms with E-state index in [-0.39, 0.29) is 35.9 Å². The highest BCUT2D eigenvalue weighted by molar-refractivity contribution is 6.22. The summed E-state index contributed by atoms with van der Waals surface area (Å²) in [5.41, 5.74) is 2.53. The van der Waals surface area contributed by atoms with E-state index in [2.05, 4.69) is 4.90 Å². The molecule has 3 aromatic carbocycles. The van der Waals surface area contributed by atoms with Gasteiger partial charge in [-0.15, -0.1) is 0 Å². The Kier molecular flexibility index (Phi) is 7.31. The summed E-state index contributed by atoms with van der Waals surface area (Å²) in [5, 5.41) is 0. The van der Waals surface area contributed by atoms with Crippen LogP contribution in [0.1, 0.15) is 33.9 Å².